The molecule has 5 heteroatoms. The maximum Gasteiger partial charge on any atom is 0.264 e. The molecule has 0 saturated carbocycles. The van der Waals surface area contributed by atoms with E-state index in [-0.39, 0.29) is 12.5 Å². The Hall–Kier alpha value is -3.34. The highest BCUT2D eigenvalue weighted by molar-refractivity contribution is 5.96. The van der Waals surface area contributed by atoms with Gasteiger partial charge < -0.3 is 14.4 Å². The molecule has 0 atom stereocenters. The first-order valence-corrected chi connectivity index (χ1v) is 8.49. The standard InChI is InChI=1S/C21H18N2O3/c24-21(23-13-11-16-6-1-2-9-19(16)23)15-25-17-7-5-8-18(14-17)26-20-10-3-4-12-22-20/h1-10,12,14H,11,13,15H2. The van der Waals surface area contributed by atoms with E-state index < -0.39 is 0 Å². The van der Waals surface area contributed by atoms with Crippen LogP contribution in [0, 0.1) is 0 Å². The maximum atomic E-state index is 12.5. The number of fused-ring (bicyclic) bond motifs is 1. The van der Waals surface area contributed by atoms with Gasteiger partial charge >= 0.3 is 0 Å². The first-order valence-electron chi connectivity index (χ1n) is 8.49. The van der Waals surface area contributed by atoms with Crippen molar-refractivity contribution < 1.29 is 14.3 Å². The molecular formula is C21H18N2O3. The number of rotatable bonds is 5. The Balaban J connectivity index is 1.39. The van der Waals surface area contributed by atoms with Crippen molar-refractivity contribution in [2.45, 2.75) is 6.42 Å². The van der Waals surface area contributed by atoms with E-state index in [0.717, 1.165) is 12.1 Å². The van der Waals surface area contributed by atoms with Crippen molar-refractivity contribution in [3.05, 3.63) is 78.5 Å². The minimum Gasteiger partial charge on any atom is -0.484 e. The van der Waals surface area contributed by atoms with Gasteiger partial charge in [0.05, 0.1) is 0 Å². The van der Waals surface area contributed by atoms with Crippen LogP contribution in [0.15, 0.2) is 72.9 Å². The van der Waals surface area contributed by atoms with E-state index >= 15 is 0 Å². The molecule has 0 bridgehead atoms. The van der Waals surface area contributed by atoms with Crippen molar-refractivity contribution in [1.82, 2.24) is 4.98 Å². The number of nitrogens with zero attached hydrogens (tertiary/aromatic N) is 2. The molecule has 0 fully saturated rings. The third-order valence-electron chi connectivity index (χ3n) is 4.22. The third-order valence-corrected chi connectivity index (χ3v) is 4.22. The Morgan fingerprint density at radius 3 is 2.73 bits per heavy atom. The molecule has 3 aromatic rings. The van der Waals surface area contributed by atoms with Gasteiger partial charge in [-0.25, -0.2) is 4.98 Å². The van der Waals surface area contributed by atoms with Crippen molar-refractivity contribution in [3.63, 3.8) is 0 Å². The molecule has 2 heterocycles. The first kappa shape index (κ1) is 16.1. The Bertz CT molecular complexity index is 912. The van der Waals surface area contributed by atoms with Crippen molar-refractivity contribution in [3.8, 4) is 17.4 Å². The smallest absolute Gasteiger partial charge is 0.264 e. The Labute approximate surface area is 151 Å². The number of hydrogen-bond donors (Lipinski definition) is 0. The number of anilines is 1. The van der Waals surface area contributed by atoms with Gasteiger partial charge in [-0.15, -0.1) is 0 Å². The topological polar surface area (TPSA) is 51.7 Å². The minimum atomic E-state index is -0.0500. The van der Waals surface area contributed by atoms with E-state index in [1.165, 1.54) is 5.56 Å². The van der Waals surface area contributed by atoms with Crippen LogP contribution in [0.3, 0.4) is 0 Å². The summed E-state index contributed by atoms with van der Waals surface area (Å²) in [6.45, 7) is 0.686. The van der Waals surface area contributed by atoms with Crippen molar-refractivity contribution in [1.29, 1.82) is 0 Å². The molecule has 0 spiro atoms. The molecule has 1 aromatic heterocycles. The highest BCUT2D eigenvalue weighted by Gasteiger charge is 2.24. The van der Waals surface area contributed by atoms with Gasteiger partial charge in [0.25, 0.3) is 5.91 Å². The molecule has 0 unspecified atom stereocenters. The molecule has 2 aromatic carbocycles. The van der Waals surface area contributed by atoms with Crippen LogP contribution in [0.5, 0.6) is 17.4 Å². The Morgan fingerprint density at radius 1 is 1.00 bits per heavy atom. The van der Waals surface area contributed by atoms with Gasteiger partial charge in [-0.2, -0.15) is 0 Å². The van der Waals surface area contributed by atoms with Gasteiger partial charge in [0.1, 0.15) is 11.5 Å². The summed E-state index contributed by atoms with van der Waals surface area (Å²) in [4.78, 5) is 18.4. The van der Waals surface area contributed by atoms with Gasteiger partial charge in [-0.1, -0.05) is 30.3 Å². The fourth-order valence-corrected chi connectivity index (χ4v) is 2.98. The molecule has 26 heavy (non-hydrogen) atoms. The second-order valence-corrected chi connectivity index (χ2v) is 5.96. The Kier molecular flexibility index (Phi) is 4.51. The van der Waals surface area contributed by atoms with Crippen LogP contribution >= 0.6 is 0 Å². The van der Waals surface area contributed by atoms with Crippen LogP contribution in [-0.4, -0.2) is 24.0 Å². The SMILES string of the molecule is O=C(COc1cccc(Oc2ccccn2)c1)N1CCc2ccccc21. The minimum absolute atomic E-state index is 0.0125. The number of aromatic nitrogens is 1. The second-order valence-electron chi connectivity index (χ2n) is 5.96. The van der Waals surface area contributed by atoms with Gasteiger partial charge in [0.15, 0.2) is 6.61 Å². The summed E-state index contributed by atoms with van der Waals surface area (Å²) >= 11 is 0. The quantitative estimate of drug-likeness (QED) is 0.704. The van der Waals surface area contributed by atoms with Crippen molar-refractivity contribution >= 4 is 11.6 Å². The highest BCUT2D eigenvalue weighted by Crippen LogP contribution is 2.28. The molecule has 0 radical (unpaired) electrons. The number of carbonyl (C=O) groups is 1. The van der Waals surface area contributed by atoms with Crippen LogP contribution in [0.25, 0.3) is 0 Å². The number of amides is 1. The molecule has 0 saturated heterocycles. The summed E-state index contributed by atoms with van der Waals surface area (Å²) < 4.78 is 11.4. The molecule has 1 aliphatic rings. The third kappa shape index (κ3) is 3.52. The lowest BCUT2D eigenvalue weighted by molar-refractivity contribution is -0.120. The number of hydrogen-bond acceptors (Lipinski definition) is 4. The fourth-order valence-electron chi connectivity index (χ4n) is 2.98. The lowest BCUT2D eigenvalue weighted by atomic mass is 10.2. The monoisotopic (exact) mass is 346 g/mol. The number of carbonyl (C=O) groups excluding carboxylic acids is 1. The number of ether oxygens (including phenoxy) is 2. The van der Waals surface area contributed by atoms with Crippen LogP contribution in [0.2, 0.25) is 0 Å². The van der Waals surface area contributed by atoms with Crippen LogP contribution in [0.1, 0.15) is 5.56 Å². The van der Waals surface area contributed by atoms with Crippen LogP contribution in [-0.2, 0) is 11.2 Å². The first-order chi connectivity index (χ1) is 12.8. The van der Waals surface area contributed by atoms with E-state index in [1.54, 1.807) is 29.3 Å². The maximum absolute atomic E-state index is 12.5. The molecule has 130 valence electrons. The van der Waals surface area contributed by atoms with Gasteiger partial charge in [-0.3, -0.25) is 4.79 Å². The average Bonchev–Trinajstić information content (AvgIpc) is 3.11. The zero-order valence-electron chi connectivity index (χ0n) is 14.2. The molecule has 0 N–H and O–H groups in total. The predicted molar refractivity (Wildman–Crippen MR) is 98.7 cm³/mol. The molecule has 1 amide bonds. The van der Waals surface area contributed by atoms with Crippen LogP contribution < -0.4 is 14.4 Å². The summed E-state index contributed by atoms with van der Waals surface area (Å²) in [7, 11) is 0. The number of para-hydroxylation sites is 1. The summed E-state index contributed by atoms with van der Waals surface area (Å²) in [6, 6.07) is 20.6. The molecular weight excluding hydrogens is 328 g/mol. The normalized spacial score (nSPS) is 12.5. The van der Waals surface area contributed by atoms with Gasteiger partial charge in [0.2, 0.25) is 5.88 Å². The summed E-state index contributed by atoms with van der Waals surface area (Å²) in [5.74, 6) is 1.65. The van der Waals surface area contributed by atoms with E-state index in [4.69, 9.17) is 9.47 Å². The van der Waals surface area contributed by atoms with E-state index in [2.05, 4.69) is 11.1 Å². The molecule has 1 aliphatic heterocycles. The highest BCUT2D eigenvalue weighted by atomic mass is 16.5. The number of benzene rings is 2. The molecule has 5 nitrogen and oxygen atoms in total. The number of pyridine rings is 1. The van der Waals surface area contributed by atoms with Gasteiger partial charge in [-0.05, 0) is 36.2 Å². The second kappa shape index (κ2) is 7.27. The summed E-state index contributed by atoms with van der Waals surface area (Å²) in [5.41, 5.74) is 2.18. The lowest BCUT2D eigenvalue weighted by Crippen LogP contribution is -2.33. The van der Waals surface area contributed by atoms with E-state index in [1.807, 2.05) is 42.5 Å². The zero-order valence-corrected chi connectivity index (χ0v) is 14.2. The zero-order chi connectivity index (χ0) is 17.8. The van der Waals surface area contributed by atoms with Crippen molar-refractivity contribution in [2.24, 2.45) is 0 Å². The van der Waals surface area contributed by atoms with E-state index in [9.17, 15) is 4.79 Å². The Morgan fingerprint density at radius 2 is 1.85 bits per heavy atom. The molecule has 0 aliphatic carbocycles. The fraction of sp³-hybridized carbons (Fsp3) is 0.143. The van der Waals surface area contributed by atoms with Gasteiger partial charge in [0, 0.05) is 30.6 Å². The van der Waals surface area contributed by atoms with Crippen molar-refractivity contribution in [2.75, 3.05) is 18.1 Å². The summed E-state index contributed by atoms with van der Waals surface area (Å²) in [6.07, 6.45) is 2.55. The average molecular weight is 346 g/mol. The molecule has 4 rings (SSSR count). The summed E-state index contributed by atoms with van der Waals surface area (Å²) in [5, 5.41) is 0. The largest absolute Gasteiger partial charge is 0.484 e. The van der Waals surface area contributed by atoms with Crippen LogP contribution in [0.4, 0.5) is 5.69 Å². The predicted octanol–water partition coefficient (Wildman–Crippen LogP) is 3.84. The van der Waals surface area contributed by atoms with E-state index in [0.29, 0.717) is 23.9 Å². The lowest BCUT2D eigenvalue weighted by Gasteiger charge is -2.17.